The molecule has 0 saturated heterocycles. The minimum Gasteiger partial charge on any atom is -0.390 e. The highest BCUT2D eigenvalue weighted by Gasteiger charge is 2.07. The van der Waals surface area contributed by atoms with Gasteiger partial charge in [0.05, 0.1) is 23.5 Å². The van der Waals surface area contributed by atoms with E-state index in [9.17, 15) is 0 Å². The van der Waals surface area contributed by atoms with Crippen molar-refractivity contribution >= 4 is 11.6 Å². The van der Waals surface area contributed by atoms with Gasteiger partial charge in [-0.15, -0.1) is 0 Å². The van der Waals surface area contributed by atoms with Gasteiger partial charge in [-0.25, -0.2) is 4.98 Å². The van der Waals surface area contributed by atoms with Crippen LogP contribution in [0.2, 0.25) is 5.02 Å². The van der Waals surface area contributed by atoms with Crippen LogP contribution in [-0.4, -0.2) is 15.1 Å². The molecule has 2 N–H and O–H groups in total. The first kappa shape index (κ1) is 10.2. The molecule has 0 aliphatic rings. The number of nitrogens with one attached hydrogen (secondary N) is 1. The summed E-state index contributed by atoms with van der Waals surface area (Å²) in [6, 6.07) is 5.78. The quantitative estimate of drug-likeness (QED) is 0.821. The highest BCUT2D eigenvalue weighted by Crippen LogP contribution is 2.26. The SMILES string of the molecule is Cc1ccc(-c2ncc(CO)[nH]2)c(Cl)c1. The lowest BCUT2D eigenvalue weighted by molar-refractivity contribution is 0.277. The van der Waals surface area contributed by atoms with Gasteiger partial charge in [0.25, 0.3) is 0 Å². The van der Waals surface area contributed by atoms with Crippen LogP contribution in [0.25, 0.3) is 11.4 Å². The third-order valence-electron chi connectivity index (χ3n) is 2.18. The molecule has 1 heterocycles. The number of hydrogen-bond acceptors (Lipinski definition) is 2. The Bertz CT molecular complexity index is 479. The van der Waals surface area contributed by atoms with Crippen molar-refractivity contribution in [1.29, 1.82) is 0 Å². The number of H-pyrrole nitrogens is 1. The van der Waals surface area contributed by atoms with Gasteiger partial charge in [0.1, 0.15) is 5.82 Å². The molecule has 3 nitrogen and oxygen atoms in total. The number of aromatic amines is 1. The summed E-state index contributed by atoms with van der Waals surface area (Å²) in [4.78, 5) is 7.14. The van der Waals surface area contributed by atoms with Crippen LogP contribution in [0, 0.1) is 6.92 Å². The van der Waals surface area contributed by atoms with Gasteiger partial charge in [0.15, 0.2) is 0 Å². The Morgan fingerprint density at radius 1 is 1.47 bits per heavy atom. The summed E-state index contributed by atoms with van der Waals surface area (Å²) >= 11 is 6.09. The smallest absolute Gasteiger partial charge is 0.139 e. The molecule has 1 aromatic heterocycles. The first-order valence-corrected chi connectivity index (χ1v) is 5.00. The van der Waals surface area contributed by atoms with Gasteiger partial charge in [0.2, 0.25) is 0 Å². The predicted octanol–water partition coefficient (Wildman–Crippen LogP) is 2.53. The van der Waals surface area contributed by atoms with E-state index >= 15 is 0 Å². The molecular weight excluding hydrogens is 212 g/mol. The third kappa shape index (κ3) is 2.03. The van der Waals surface area contributed by atoms with Gasteiger partial charge < -0.3 is 10.1 Å². The number of aryl methyl sites for hydroxylation is 1. The van der Waals surface area contributed by atoms with E-state index in [1.54, 1.807) is 6.20 Å². The van der Waals surface area contributed by atoms with Crippen LogP contribution in [0.15, 0.2) is 24.4 Å². The number of benzene rings is 1. The second-order valence-corrected chi connectivity index (χ2v) is 3.81. The average molecular weight is 223 g/mol. The molecule has 2 aromatic rings. The summed E-state index contributed by atoms with van der Waals surface area (Å²) in [6.07, 6.45) is 1.60. The van der Waals surface area contributed by atoms with Crippen molar-refractivity contribution < 1.29 is 5.11 Å². The minimum atomic E-state index is -0.0452. The normalized spacial score (nSPS) is 10.6. The van der Waals surface area contributed by atoms with Crippen molar-refractivity contribution in [2.45, 2.75) is 13.5 Å². The molecule has 1 aromatic carbocycles. The maximum Gasteiger partial charge on any atom is 0.139 e. The highest BCUT2D eigenvalue weighted by molar-refractivity contribution is 6.33. The van der Waals surface area contributed by atoms with Crippen molar-refractivity contribution in [1.82, 2.24) is 9.97 Å². The molecule has 0 saturated carbocycles. The topological polar surface area (TPSA) is 48.9 Å². The van der Waals surface area contributed by atoms with Crippen LogP contribution in [0.5, 0.6) is 0 Å². The summed E-state index contributed by atoms with van der Waals surface area (Å²) in [7, 11) is 0. The van der Waals surface area contributed by atoms with E-state index in [-0.39, 0.29) is 6.61 Å². The zero-order valence-corrected chi connectivity index (χ0v) is 9.04. The molecule has 0 atom stereocenters. The van der Waals surface area contributed by atoms with Crippen LogP contribution < -0.4 is 0 Å². The molecule has 0 fully saturated rings. The standard InChI is InChI=1S/C11H11ClN2O/c1-7-2-3-9(10(12)4-7)11-13-5-8(6-15)14-11/h2-5,15H,6H2,1H3,(H,13,14). The third-order valence-corrected chi connectivity index (χ3v) is 2.49. The van der Waals surface area contributed by atoms with Crippen molar-refractivity contribution in [2.75, 3.05) is 0 Å². The average Bonchev–Trinajstić information content (AvgIpc) is 2.66. The molecule has 78 valence electrons. The van der Waals surface area contributed by atoms with E-state index in [4.69, 9.17) is 16.7 Å². The molecule has 0 aliphatic heterocycles. The monoisotopic (exact) mass is 222 g/mol. The lowest BCUT2D eigenvalue weighted by atomic mass is 10.1. The molecule has 0 bridgehead atoms. The van der Waals surface area contributed by atoms with Gasteiger partial charge in [-0.2, -0.15) is 0 Å². The van der Waals surface area contributed by atoms with E-state index in [0.717, 1.165) is 11.1 Å². The molecule has 0 aliphatic carbocycles. The molecule has 0 radical (unpaired) electrons. The first-order valence-electron chi connectivity index (χ1n) is 4.62. The van der Waals surface area contributed by atoms with Gasteiger partial charge >= 0.3 is 0 Å². The van der Waals surface area contributed by atoms with E-state index < -0.39 is 0 Å². The van der Waals surface area contributed by atoms with Gasteiger partial charge in [-0.05, 0) is 24.6 Å². The zero-order valence-electron chi connectivity index (χ0n) is 8.29. The van der Waals surface area contributed by atoms with E-state index in [2.05, 4.69) is 9.97 Å². The predicted molar refractivity (Wildman–Crippen MR) is 59.7 cm³/mol. The van der Waals surface area contributed by atoms with E-state index in [1.807, 2.05) is 25.1 Å². The Balaban J connectivity index is 2.44. The Morgan fingerprint density at radius 2 is 2.27 bits per heavy atom. The van der Waals surface area contributed by atoms with Crippen molar-refractivity contribution in [3.63, 3.8) is 0 Å². The summed E-state index contributed by atoms with van der Waals surface area (Å²) in [5, 5.41) is 9.57. The van der Waals surface area contributed by atoms with E-state index in [1.165, 1.54) is 0 Å². The number of nitrogens with zero attached hydrogens (tertiary/aromatic N) is 1. The number of hydrogen-bond donors (Lipinski definition) is 2. The van der Waals surface area contributed by atoms with Gasteiger partial charge in [-0.3, -0.25) is 0 Å². The Morgan fingerprint density at radius 3 is 2.87 bits per heavy atom. The molecule has 0 amide bonds. The maximum atomic E-state index is 8.91. The number of aromatic nitrogens is 2. The number of imidazole rings is 1. The first-order chi connectivity index (χ1) is 7.20. The van der Waals surface area contributed by atoms with Crippen LogP contribution in [0.3, 0.4) is 0 Å². The second-order valence-electron chi connectivity index (χ2n) is 3.40. The van der Waals surface area contributed by atoms with Crippen LogP contribution in [0.1, 0.15) is 11.3 Å². The van der Waals surface area contributed by atoms with Crippen LogP contribution >= 0.6 is 11.6 Å². The maximum absolute atomic E-state index is 8.91. The van der Waals surface area contributed by atoms with Gasteiger partial charge in [-0.1, -0.05) is 17.7 Å². The summed E-state index contributed by atoms with van der Waals surface area (Å²) in [6.45, 7) is 1.94. The Hall–Kier alpha value is -1.32. The summed E-state index contributed by atoms with van der Waals surface area (Å²) in [5.41, 5.74) is 2.64. The highest BCUT2D eigenvalue weighted by atomic mass is 35.5. The van der Waals surface area contributed by atoms with E-state index in [0.29, 0.717) is 16.5 Å². The second kappa shape index (κ2) is 4.04. The molecule has 2 rings (SSSR count). The fourth-order valence-electron chi connectivity index (χ4n) is 1.39. The van der Waals surface area contributed by atoms with Crippen molar-refractivity contribution in [3.8, 4) is 11.4 Å². The molecular formula is C11H11ClN2O. The fourth-order valence-corrected chi connectivity index (χ4v) is 1.71. The molecule has 0 spiro atoms. The minimum absolute atomic E-state index is 0.0452. The summed E-state index contributed by atoms with van der Waals surface area (Å²) in [5.74, 6) is 0.684. The lowest BCUT2D eigenvalue weighted by Gasteiger charge is -2.01. The fraction of sp³-hybridized carbons (Fsp3) is 0.182. The number of rotatable bonds is 2. The Labute approximate surface area is 92.7 Å². The Kier molecular flexibility index (Phi) is 2.75. The van der Waals surface area contributed by atoms with Crippen LogP contribution in [0.4, 0.5) is 0 Å². The zero-order chi connectivity index (χ0) is 10.8. The van der Waals surface area contributed by atoms with Crippen molar-refractivity contribution in [2.24, 2.45) is 0 Å². The molecule has 15 heavy (non-hydrogen) atoms. The van der Waals surface area contributed by atoms with Gasteiger partial charge in [0, 0.05) is 5.56 Å². The number of aliphatic hydroxyl groups excluding tert-OH is 1. The number of aliphatic hydroxyl groups is 1. The summed E-state index contributed by atoms with van der Waals surface area (Å²) < 4.78 is 0. The molecule has 4 heteroatoms. The molecule has 0 unspecified atom stereocenters. The number of halogens is 1. The van der Waals surface area contributed by atoms with Crippen molar-refractivity contribution in [3.05, 3.63) is 40.7 Å². The lowest BCUT2D eigenvalue weighted by Crippen LogP contribution is -1.85. The van der Waals surface area contributed by atoms with Crippen LogP contribution in [-0.2, 0) is 6.61 Å². The largest absolute Gasteiger partial charge is 0.390 e.